The lowest BCUT2D eigenvalue weighted by Gasteiger charge is -2.18. The molecule has 2 aromatic carbocycles. The topological polar surface area (TPSA) is 42.0 Å². The summed E-state index contributed by atoms with van der Waals surface area (Å²) >= 11 is 0. The molecule has 0 unspecified atom stereocenters. The summed E-state index contributed by atoms with van der Waals surface area (Å²) in [5.74, 6) is 0.927. The van der Waals surface area contributed by atoms with Crippen molar-refractivity contribution in [3.8, 4) is 11.5 Å². The van der Waals surface area contributed by atoms with Crippen LogP contribution < -0.4 is 19.3 Å². The first-order chi connectivity index (χ1) is 12.8. The third-order valence-electron chi connectivity index (χ3n) is 4.44. The van der Waals surface area contributed by atoms with Crippen LogP contribution in [0.1, 0.15) is 0 Å². The predicted octanol–water partition coefficient (Wildman–Crippen LogP) is 4.02. The van der Waals surface area contributed by atoms with Gasteiger partial charge in [-0.3, -0.25) is 0 Å². The number of ether oxygens (including phenoxy) is 2. The average Bonchev–Trinajstić information content (AvgIpc) is 3.37. The third-order valence-corrected chi connectivity index (χ3v) is 4.44. The Bertz CT molecular complexity index is 740. The van der Waals surface area contributed by atoms with Crippen molar-refractivity contribution in [2.45, 2.75) is 0 Å². The number of rotatable bonds is 4. The van der Waals surface area contributed by atoms with Crippen molar-refractivity contribution in [1.29, 1.82) is 0 Å². The van der Waals surface area contributed by atoms with Crippen molar-refractivity contribution in [1.82, 2.24) is 0 Å². The van der Waals surface area contributed by atoms with Crippen molar-refractivity contribution in [2.75, 3.05) is 36.0 Å². The Hall–Kier alpha value is -3.21. The number of anilines is 2. The van der Waals surface area contributed by atoms with Gasteiger partial charge in [-0.15, -0.1) is 0 Å². The van der Waals surface area contributed by atoms with E-state index in [1.807, 2.05) is 24.3 Å². The second-order valence-electron chi connectivity index (χ2n) is 6.19. The summed E-state index contributed by atoms with van der Waals surface area (Å²) in [5.41, 5.74) is 2.20. The van der Waals surface area contributed by atoms with E-state index in [0.717, 1.165) is 37.6 Å². The van der Waals surface area contributed by atoms with E-state index in [-0.39, 0.29) is 0 Å². The minimum absolute atomic E-state index is 0.464. The average molecular weight is 348 g/mol. The number of carbonyl (C=O) groups excluding carboxylic acids is 1. The van der Waals surface area contributed by atoms with Crippen molar-refractivity contribution < 1.29 is 14.3 Å². The Labute approximate surface area is 152 Å². The van der Waals surface area contributed by atoms with Crippen LogP contribution in [0, 0.1) is 0 Å². The number of hydrogen-bond acceptors (Lipinski definition) is 5. The first-order valence-electron chi connectivity index (χ1n) is 8.68. The highest BCUT2D eigenvalue weighted by atomic mass is 16.7. The fourth-order valence-corrected chi connectivity index (χ4v) is 3.04. The van der Waals surface area contributed by atoms with Gasteiger partial charge in [0.1, 0.15) is 11.5 Å². The summed E-state index contributed by atoms with van der Waals surface area (Å²) in [6.07, 6.45) is 7.79. The highest BCUT2D eigenvalue weighted by molar-refractivity contribution is 5.68. The van der Waals surface area contributed by atoms with Crippen LogP contribution >= 0.6 is 0 Å². The van der Waals surface area contributed by atoms with E-state index in [4.69, 9.17) is 9.47 Å². The van der Waals surface area contributed by atoms with Crippen molar-refractivity contribution in [3.63, 3.8) is 0 Å². The molecule has 0 aromatic heterocycles. The third kappa shape index (κ3) is 3.72. The minimum Gasteiger partial charge on any atom is -0.395 e. The summed E-state index contributed by atoms with van der Waals surface area (Å²) in [5, 5.41) is 0. The fraction of sp³-hybridized carbons (Fsp3) is 0.190. The molecule has 2 heterocycles. The SMILES string of the molecule is O=C(Oc1ccc(N2CC=CC2)cc1)Oc1ccc(N2CC=CC2)cc1. The normalized spacial score (nSPS) is 15.5. The largest absolute Gasteiger partial charge is 0.519 e. The summed E-state index contributed by atoms with van der Waals surface area (Å²) in [7, 11) is 0. The highest BCUT2D eigenvalue weighted by Crippen LogP contribution is 2.23. The van der Waals surface area contributed by atoms with Gasteiger partial charge in [-0.05, 0) is 48.5 Å². The zero-order valence-corrected chi connectivity index (χ0v) is 14.4. The maximum atomic E-state index is 12.0. The summed E-state index contributed by atoms with van der Waals surface area (Å²) in [6.45, 7) is 3.63. The van der Waals surface area contributed by atoms with Gasteiger partial charge in [-0.2, -0.15) is 0 Å². The molecule has 0 bridgehead atoms. The molecule has 0 saturated heterocycles. The van der Waals surface area contributed by atoms with Gasteiger partial charge in [-0.25, -0.2) is 4.79 Å². The summed E-state index contributed by atoms with van der Waals surface area (Å²) < 4.78 is 10.5. The van der Waals surface area contributed by atoms with Gasteiger partial charge in [0, 0.05) is 37.6 Å². The Morgan fingerprint density at radius 3 is 1.31 bits per heavy atom. The second-order valence-corrected chi connectivity index (χ2v) is 6.19. The van der Waals surface area contributed by atoms with Crippen molar-refractivity contribution in [3.05, 3.63) is 72.8 Å². The van der Waals surface area contributed by atoms with Gasteiger partial charge < -0.3 is 19.3 Å². The molecule has 26 heavy (non-hydrogen) atoms. The Balaban J connectivity index is 1.31. The molecule has 0 amide bonds. The molecular formula is C21H20N2O3. The zero-order chi connectivity index (χ0) is 17.8. The van der Waals surface area contributed by atoms with Crippen molar-refractivity contribution in [2.24, 2.45) is 0 Å². The van der Waals surface area contributed by atoms with Gasteiger partial charge >= 0.3 is 6.16 Å². The van der Waals surface area contributed by atoms with Crippen LogP contribution in [0.5, 0.6) is 11.5 Å². The molecule has 0 N–H and O–H groups in total. The lowest BCUT2D eigenvalue weighted by atomic mass is 10.3. The molecule has 2 aliphatic rings. The van der Waals surface area contributed by atoms with Crippen LogP contribution in [0.3, 0.4) is 0 Å². The summed E-state index contributed by atoms with van der Waals surface area (Å²) in [4.78, 5) is 16.4. The van der Waals surface area contributed by atoms with Crippen LogP contribution in [0.4, 0.5) is 16.2 Å². The van der Waals surface area contributed by atoms with E-state index >= 15 is 0 Å². The molecular weight excluding hydrogens is 328 g/mol. The fourth-order valence-electron chi connectivity index (χ4n) is 3.04. The first-order valence-corrected chi connectivity index (χ1v) is 8.68. The van der Waals surface area contributed by atoms with E-state index in [1.54, 1.807) is 24.3 Å². The van der Waals surface area contributed by atoms with Crippen LogP contribution in [-0.2, 0) is 0 Å². The molecule has 0 spiro atoms. The molecule has 2 aromatic rings. The maximum absolute atomic E-state index is 12.0. The zero-order valence-electron chi connectivity index (χ0n) is 14.4. The summed E-state index contributed by atoms with van der Waals surface area (Å²) in [6, 6.07) is 14.9. The second kappa shape index (κ2) is 7.35. The van der Waals surface area contributed by atoms with Gasteiger partial charge in [0.2, 0.25) is 0 Å². The Morgan fingerprint density at radius 2 is 0.962 bits per heavy atom. The van der Waals surface area contributed by atoms with E-state index < -0.39 is 6.16 Å². The molecule has 4 rings (SSSR count). The van der Waals surface area contributed by atoms with E-state index in [9.17, 15) is 4.79 Å². The maximum Gasteiger partial charge on any atom is 0.519 e. The predicted molar refractivity (Wildman–Crippen MR) is 102 cm³/mol. The van der Waals surface area contributed by atoms with Gasteiger partial charge in [0.05, 0.1) is 0 Å². The van der Waals surface area contributed by atoms with Crippen LogP contribution in [0.25, 0.3) is 0 Å². The van der Waals surface area contributed by atoms with Gasteiger partial charge in [0.15, 0.2) is 0 Å². The van der Waals surface area contributed by atoms with Crippen LogP contribution in [0.15, 0.2) is 72.8 Å². The molecule has 0 saturated carbocycles. The monoisotopic (exact) mass is 348 g/mol. The lowest BCUT2D eigenvalue weighted by molar-refractivity contribution is 0.152. The molecule has 0 radical (unpaired) electrons. The van der Waals surface area contributed by atoms with E-state index in [1.165, 1.54) is 0 Å². The lowest BCUT2D eigenvalue weighted by Crippen LogP contribution is -2.18. The van der Waals surface area contributed by atoms with Crippen LogP contribution in [0.2, 0.25) is 0 Å². The molecule has 5 nitrogen and oxygen atoms in total. The van der Waals surface area contributed by atoms with E-state index in [0.29, 0.717) is 11.5 Å². The molecule has 5 heteroatoms. The number of nitrogens with zero attached hydrogens (tertiary/aromatic N) is 2. The quantitative estimate of drug-likeness (QED) is 0.474. The number of hydrogen-bond donors (Lipinski definition) is 0. The van der Waals surface area contributed by atoms with Crippen molar-refractivity contribution >= 4 is 17.5 Å². The first kappa shape index (κ1) is 16.3. The minimum atomic E-state index is -0.740. The number of benzene rings is 2. The molecule has 0 aliphatic carbocycles. The molecule has 2 aliphatic heterocycles. The van der Waals surface area contributed by atoms with Gasteiger partial charge in [0.25, 0.3) is 0 Å². The Kier molecular flexibility index (Phi) is 4.60. The Morgan fingerprint density at radius 1 is 0.615 bits per heavy atom. The number of carbonyl (C=O) groups is 1. The highest BCUT2D eigenvalue weighted by Gasteiger charge is 2.12. The smallest absolute Gasteiger partial charge is 0.395 e. The van der Waals surface area contributed by atoms with Gasteiger partial charge in [-0.1, -0.05) is 24.3 Å². The van der Waals surface area contributed by atoms with Crippen LogP contribution in [-0.4, -0.2) is 32.3 Å². The molecule has 0 atom stereocenters. The van der Waals surface area contributed by atoms with E-state index in [2.05, 4.69) is 34.1 Å². The molecule has 0 fully saturated rings. The standard InChI is InChI=1S/C21H20N2O3/c24-21(25-19-9-5-17(6-10-19)22-13-1-2-14-22)26-20-11-7-18(8-12-20)23-15-3-4-16-23/h1-12H,13-16H2. The molecule has 132 valence electrons.